The molecule has 3 aromatic rings. The van der Waals surface area contributed by atoms with Gasteiger partial charge in [0.1, 0.15) is 0 Å². The van der Waals surface area contributed by atoms with Crippen molar-refractivity contribution in [2.45, 2.75) is 18.3 Å². The van der Waals surface area contributed by atoms with E-state index < -0.39 is 0 Å². The number of aromatic nitrogens is 4. The van der Waals surface area contributed by atoms with Gasteiger partial charge in [-0.05, 0) is 24.5 Å². The highest BCUT2D eigenvalue weighted by Crippen LogP contribution is 2.52. The van der Waals surface area contributed by atoms with Gasteiger partial charge in [-0.1, -0.05) is 35.5 Å². The summed E-state index contributed by atoms with van der Waals surface area (Å²) in [6, 6.07) is 12.3. The largest absolute Gasteiger partial charge is 0.332 e. The van der Waals surface area contributed by atoms with Crippen LogP contribution in [-0.2, 0) is 12.5 Å². The van der Waals surface area contributed by atoms with Crippen LogP contribution in [0.25, 0.3) is 11.6 Å². The normalized spacial score (nSPS) is 16.2. The fourth-order valence-electron chi connectivity index (χ4n) is 2.57. The average molecular weight is 266 g/mol. The molecule has 0 atom stereocenters. The van der Waals surface area contributed by atoms with E-state index in [-0.39, 0.29) is 5.41 Å². The van der Waals surface area contributed by atoms with Crippen molar-refractivity contribution < 1.29 is 4.52 Å². The highest BCUT2D eigenvalue weighted by molar-refractivity contribution is 5.47. The number of nitrogens with zero attached hydrogens (tertiary/aromatic N) is 4. The van der Waals surface area contributed by atoms with Crippen LogP contribution >= 0.6 is 0 Å². The van der Waals surface area contributed by atoms with E-state index in [9.17, 15) is 0 Å². The summed E-state index contributed by atoms with van der Waals surface area (Å²) >= 11 is 0. The summed E-state index contributed by atoms with van der Waals surface area (Å²) in [6.45, 7) is 0. The maximum absolute atomic E-state index is 5.37. The number of rotatable bonds is 3. The zero-order valence-corrected chi connectivity index (χ0v) is 11.2. The Morgan fingerprint density at radius 1 is 1.15 bits per heavy atom. The molecule has 0 amide bonds. The predicted octanol–water partition coefficient (Wildman–Crippen LogP) is 2.55. The summed E-state index contributed by atoms with van der Waals surface area (Å²) in [4.78, 5) is 4.55. The van der Waals surface area contributed by atoms with E-state index in [0.29, 0.717) is 5.89 Å². The lowest BCUT2D eigenvalue weighted by molar-refractivity contribution is 0.416. The van der Waals surface area contributed by atoms with E-state index in [1.54, 1.807) is 4.68 Å². The average Bonchev–Trinajstić information content (AvgIpc) is 2.93. The molecule has 100 valence electrons. The second-order valence-corrected chi connectivity index (χ2v) is 5.25. The molecule has 1 saturated carbocycles. The summed E-state index contributed by atoms with van der Waals surface area (Å²) in [7, 11) is 1.87. The highest BCUT2D eigenvalue weighted by atomic mass is 16.5. The first-order valence-corrected chi connectivity index (χ1v) is 6.68. The lowest BCUT2D eigenvalue weighted by Gasteiger charge is -2.09. The molecule has 4 rings (SSSR count). The number of hydrogen-bond acceptors (Lipinski definition) is 4. The van der Waals surface area contributed by atoms with Gasteiger partial charge < -0.3 is 4.52 Å². The standard InChI is InChI=1S/C15H14N4O/c1-19-10-7-12(17-19)13-16-14(18-20-13)15(8-9-15)11-5-3-2-4-6-11/h2-7,10H,8-9H2,1H3. The quantitative estimate of drug-likeness (QED) is 0.731. The van der Waals surface area contributed by atoms with E-state index in [1.165, 1.54) is 5.56 Å². The van der Waals surface area contributed by atoms with Gasteiger partial charge >= 0.3 is 0 Å². The SMILES string of the molecule is Cn1ccc(-c2nc(C3(c4ccccc4)CC3)no2)n1. The van der Waals surface area contributed by atoms with Gasteiger partial charge in [0.25, 0.3) is 5.89 Å². The van der Waals surface area contributed by atoms with Crippen LogP contribution < -0.4 is 0 Å². The Morgan fingerprint density at radius 3 is 2.60 bits per heavy atom. The van der Waals surface area contributed by atoms with Gasteiger partial charge in [0, 0.05) is 13.2 Å². The van der Waals surface area contributed by atoms with Crippen molar-refractivity contribution in [2.24, 2.45) is 7.05 Å². The molecular formula is C15H14N4O. The van der Waals surface area contributed by atoms with Gasteiger partial charge in [-0.25, -0.2) is 0 Å². The third kappa shape index (κ3) is 1.66. The second-order valence-electron chi connectivity index (χ2n) is 5.25. The van der Waals surface area contributed by atoms with Crippen LogP contribution in [-0.4, -0.2) is 19.9 Å². The van der Waals surface area contributed by atoms with Crippen molar-refractivity contribution in [1.82, 2.24) is 19.9 Å². The summed E-state index contributed by atoms with van der Waals surface area (Å²) in [5.74, 6) is 1.26. The van der Waals surface area contributed by atoms with Crippen LogP contribution in [0.1, 0.15) is 24.2 Å². The second kappa shape index (κ2) is 4.03. The molecule has 1 aliphatic carbocycles. The predicted molar refractivity (Wildman–Crippen MR) is 73.0 cm³/mol. The summed E-state index contributed by atoms with van der Waals surface area (Å²) in [5.41, 5.74) is 1.92. The van der Waals surface area contributed by atoms with Gasteiger partial charge in [0.05, 0.1) is 5.41 Å². The van der Waals surface area contributed by atoms with Crippen molar-refractivity contribution in [1.29, 1.82) is 0 Å². The van der Waals surface area contributed by atoms with Gasteiger partial charge in [-0.2, -0.15) is 10.1 Å². The van der Waals surface area contributed by atoms with E-state index in [2.05, 4.69) is 39.5 Å². The number of hydrogen-bond donors (Lipinski definition) is 0. The molecule has 2 heterocycles. The maximum Gasteiger partial charge on any atom is 0.278 e. The molecule has 1 aromatic carbocycles. The van der Waals surface area contributed by atoms with Crippen LogP contribution in [0.15, 0.2) is 47.1 Å². The zero-order chi connectivity index (χ0) is 13.6. The molecule has 1 aliphatic rings. The zero-order valence-electron chi connectivity index (χ0n) is 11.2. The fourth-order valence-corrected chi connectivity index (χ4v) is 2.57. The molecule has 0 aliphatic heterocycles. The van der Waals surface area contributed by atoms with Crippen LogP contribution in [0.3, 0.4) is 0 Å². The van der Waals surface area contributed by atoms with E-state index in [4.69, 9.17) is 4.52 Å². The van der Waals surface area contributed by atoms with Crippen LogP contribution in [0.5, 0.6) is 0 Å². The molecule has 2 aromatic heterocycles. The Morgan fingerprint density at radius 2 is 1.95 bits per heavy atom. The molecule has 0 N–H and O–H groups in total. The topological polar surface area (TPSA) is 56.7 Å². The minimum Gasteiger partial charge on any atom is -0.332 e. The lowest BCUT2D eigenvalue weighted by Crippen LogP contribution is -2.10. The van der Waals surface area contributed by atoms with Gasteiger partial charge in [-0.3, -0.25) is 4.68 Å². The minimum absolute atomic E-state index is 0.0577. The smallest absolute Gasteiger partial charge is 0.278 e. The Hall–Kier alpha value is -2.43. The molecule has 20 heavy (non-hydrogen) atoms. The lowest BCUT2D eigenvalue weighted by atomic mass is 9.95. The first kappa shape index (κ1) is 11.4. The van der Waals surface area contributed by atoms with Crippen molar-refractivity contribution in [3.05, 3.63) is 54.0 Å². The van der Waals surface area contributed by atoms with Crippen molar-refractivity contribution in [3.8, 4) is 11.6 Å². The van der Waals surface area contributed by atoms with Crippen LogP contribution in [0.4, 0.5) is 0 Å². The van der Waals surface area contributed by atoms with Crippen molar-refractivity contribution in [2.75, 3.05) is 0 Å². The summed E-state index contributed by atoms with van der Waals surface area (Å²) in [6.07, 6.45) is 4.00. The Labute approximate surface area is 116 Å². The molecule has 0 bridgehead atoms. The molecule has 0 unspecified atom stereocenters. The van der Waals surface area contributed by atoms with Gasteiger partial charge in [0.15, 0.2) is 11.5 Å². The maximum atomic E-state index is 5.37. The van der Waals surface area contributed by atoms with Gasteiger partial charge in [0.2, 0.25) is 0 Å². The minimum atomic E-state index is -0.0577. The Kier molecular flexibility index (Phi) is 2.30. The fraction of sp³-hybridized carbons (Fsp3) is 0.267. The summed E-state index contributed by atoms with van der Waals surface area (Å²) < 4.78 is 7.10. The van der Waals surface area contributed by atoms with Gasteiger partial charge in [-0.15, -0.1) is 0 Å². The van der Waals surface area contributed by atoms with E-state index in [0.717, 1.165) is 24.4 Å². The number of aryl methyl sites for hydroxylation is 1. The first-order valence-electron chi connectivity index (χ1n) is 6.68. The molecule has 5 heteroatoms. The summed E-state index contributed by atoms with van der Waals surface area (Å²) in [5, 5.41) is 8.47. The Bertz CT molecular complexity index is 740. The Balaban J connectivity index is 1.72. The monoisotopic (exact) mass is 266 g/mol. The molecule has 1 fully saturated rings. The highest BCUT2D eigenvalue weighted by Gasteiger charge is 2.50. The molecule has 0 spiro atoms. The van der Waals surface area contributed by atoms with Crippen LogP contribution in [0, 0.1) is 0 Å². The molecule has 0 radical (unpaired) electrons. The van der Waals surface area contributed by atoms with E-state index in [1.807, 2.05) is 25.4 Å². The molecule has 0 saturated heterocycles. The molecule has 5 nitrogen and oxygen atoms in total. The van der Waals surface area contributed by atoms with Crippen molar-refractivity contribution in [3.63, 3.8) is 0 Å². The first-order chi connectivity index (χ1) is 9.78. The third-order valence-corrected chi connectivity index (χ3v) is 3.86. The number of benzene rings is 1. The van der Waals surface area contributed by atoms with Crippen molar-refractivity contribution >= 4 is 0 Å². The molecular weight excluding hydrogens is 252 g/mol. The van der Waals surface area contributed by atoms with E-state index >= 15 is 0 Å². The van der Waals surface area contributed by atoms with Crippen LogP contribution in [0.2, 0.25) is 0 Å². The third-order valence-electron chi connectivity index (χ3n) is 3.86.